The summed E-state index contributed by atoms with van der Waals surface area (Å²) in [5, 5.41) is 8.51. The standard InChI is InChI=1S/C23H19F3N4O2/c24-23(25,26)17-7-3-5-15(13-17)18-9-10-19(32-18)22(31)29-11-4-6-16(14-29)21-28-27-20-8-1-2-12-30(20)21/h1-3,5,7-10,12-13,16H,4,6,11,14H2/t16-/m1/s1. The lowest BCUT2D eigenvalue weighted by molar-refractivity contribution is -0.137. The van der Waals surface area contributed by atoms with Crippen molar-refractivity contribution >= 4 is 11.6 Å². The number of hydrogen-bond acceptors (Lipinski definition) is 4. The van der Waals surface area contributed by atoms with Crippen molar-refractivity contribution in [3.05, 3.63) is 77.9 Å². The molecule has 0 aliphatic carbocycles. The minimum atomic E-state index is -4.45. The molecule has 1 aromatic carbocycles. The predicted octanol–water partition coefficient (Wildman–Crippen LogP) is 5.03. The van der Waals surface area contributed by atoms with Gasteiger partial charge in [0.15, 0.2) is 11.4 Å². The molecule has 1 saturated heterocycles. The summed E-state index contributed by atoms with van der Waals surface area (Å²) in [5.41, 5.74) is 0.256. The highest BCUT2D eigenvalue weighted by Crippen LogP contribution is 2.33. The normalized spacial score (nSPS) is 17.1. The topological polar surface area (TPSA) is 63.6 Å². The second-order valence-corrected chi connectivity index (χ2v) is 7.82. The molecule has 4 heterocycles. The summed E-state index contributed by atoms with van der Waals surface area (Å²) in [6, 6.07) is 13.6. The maximum Gasteiger partial charge on any atom is 0.416 e. The van der Waals surface area contributed by atoms with Gasteiger partial charge in [-0.05, 0) is 49.2 Å². The molecule has 9 heteroatoms. The smallest absolute Gasteiger partial charge is 0.416 e. The highest BCUT2D eigenvalue weighted by atomic mass is 19.4. The van der Waals surface area contributed by atoms with Crippen LogP contribution in [-0.2, 0) is 6.18 Å². The molecule has 3 aromatic heterocycles. The van der Waals surface area contributed by atoms with Gasteiger partial charge in [-0.3, -0.25) is 9.20 Å². The number of hydrogen-bond donors (Lipinski definition) is 0. The average molecular weight is 440 g/mol. The van der Waals surface area contributed by atoms with Crippen molar-refractivity contribution < 1.29 is 22.4 Å². The number of likely N-dealkylation sites (tertiary alicyclic amines) is 1. The van der Waals surface area contributed by atoms with Crippen molar-refractivity contribution in [1.82, 2.24) is 19.5 Å². The van der Waals surface area contributed by atoms with Crippen LogP contribution in [0.5, 0.6) is 0 Å². The molecule has 0 bridgehead atoms. The van der Waals surface area contributed by atoms with Gasteiger partial charge in [0.05, 0.1) is 5.56 Å². The first-order chi connectivity index (χ1) is 15.4. The molecule has 1 amide bonds. The highest BCUT2D eigenvalue weighted by molar-refractivity contribution is 5.92. The largest absolute Gasteiger partial charge is 0.451 e. The molecule has 32 heavy (non-hydrogen) atoms. The van der Waals surface area contributed by atoms with Crippen molar-refractivity contribution in [2.45, 2.75) is 24.9 Å². The van der Waals surface area contributed by atoms with Gasteiger partial charge >= 0.3 is 6.18 Å². The lowest BCUT2D eigenvalue weighted by atomic mass is 9.97. The summed E-state index contributed by atoms with van der Waals surface area (Å²) in [7, 11) is 0. The Bertz CT molecular complexity index is 1280. The molecule has 1 atom stereocenters. The number of alkyl halides is 3. The number of carbonyl (C=O) groups excluding carboxylic acids is 1. The fourth-order valence-electron chi connectivity index (χ4n) is 4.12. The molecule has 1 aliphatic rings. The van der Waals surface area contributed by atoms with Crippen LogP contribution in [0.3, 0.4) is 0 Å². The Morgan fingerprint density at radius 1 is 1.06 bits per heavy atom. The number of fused-ring (bicyclic) bond motifs is 1. The number of halogens is 3. The van der Waals surface area contributed by atoms with E-state index in [0.717, 1.165) is 36.4 Å². The SMILES string of the molecule is O=C(c1ccc(-c2cccc(C(F)(F)F)c2)o1)N1CCC[C@@H](c2nnc3ccccn23)C1. The van der Waals surface area contributed by atoms with E-state index < -0.39 is 11.7 Å². The van der Waals surface area contributed by atoms with E-state index in [9.17, 15) is 18.0 Å². The zero-order valence-electron chi connectivity index (χ0n) is 16.9. The Kier molecular flexibility index (Phi) is 4.96. The number of carbonyl (C=O) groups is 1. The Morgan fingerprint density at radius 3 is 2.78 bits per heavy atom. The van der Waals surface area contributed by atoms with Gasteiger partial charge in [0.1, 0.15) is 11.6 Å². The van der Waals surface area contributed by atoms with E-state index in [-0.39, 0.29) is 28.9 Å². The van der Waals surface area contributed by atoms with Crippen LogP contribution in [0.4, 0.5) is 13.2 Å². The van der Waals surface area contributed by atoms with Gasteiger partial charge in [0.25, 0.3) is 5.91 Å². The van der Waals surface area contributed by atoms with Gasteiger partial charge in [-0.25, -0.2) is 0 Å². The van der Waals surface area contributed by atoms with Crippen LogP contribution in [0.1, 0.15) is 40.7 Å². The van der Waals surface area contributed by atoms with Gasteiger partial charge in [-0.1, -0.05) is 18.2 Å². The van der Waals surface area contributed by atoms with Crippen LogP contribution in [0.15, 0.2) is 65.2 Å². The lowest BCUT2D eigenvalue weighted by Gasteiger charge is -2.31. The minimum Gasteiger partial charge on any atom is -0.451 e. The molecule has 0 spiro atoms. The summed E-state index contributed by atoms with van der Waals surface area (Å²) in [4.78, 5) is 14.8. The molecule has 164 valence electrons. The molecule has 1 aliphatic heterocycles. The molecule has 0 radical (unpaired) electrons. The van der Waals surface area contributed by atoms with E-state index in [1.165, 1.54) is 24.3 Å². The van der Waals surface area contributed by atoms with Crippen LogP contribution in [0.25, 0.3) is 17.0 Å². The molecule has 0 N–H and O–H groups in total. The first kappa shape index (κ1) is 20.3. The number of rotatable bonds is 3. The molecule has 0 saturated carbocycles. The van der Waals surface area contributed by atoms with Crippen LogP contribution in [0, 0.1) is 0 Å². The quantitative estimate of drug-likeness (QED) is 0.448. The van der Waals surface area contributed by atoms with Crippen molar-refractivity contribution in [2.24, 2.45) is 0 Å². The molecule has 0 unspecified atom stereocenters. The zero-order valence-corrected chi connectivity index (χ0v) is 16.9. The molecule has 6 nitrogen and oxygen atoms in total. The van der Waals surface area contributed by atoms with E-state index >= 15 is 0 Å². The number of pyridine rings is 1. The summed E-state index contributed by atoms with van der Waals surface area (Å²) >= 11 is 0. The van der Waals surface area contributed by atoms with Crippen LogP contribution < -0.4 is 0 Å². The van der Waals surface area contributed by atoms with Crippen molar-refractivity contribution in [2.75, 3.05) is 13.1 Å². The Balaban J connectivity index is 1.35. The molecular weight excluding hydrogens is 421 g/mol. The highest BCUT2D eigenvalue weighted by Gasteiger charge is 2.32. The lowest BCUT2D eigenvalue weighted by Crippen LogP contribution is -2.39. The maximum atomic E-state index is 13.1. The van der Waals surface area contributed by atoms with Gasteiger partial charge < -0.3 is 9.32 Å². The Labute approximate surface area is 181 Å². The monoisotopic (exact) mass is 440 g/mol. The third-order valence-corrected chi connectivity index (χ3v) is 5.71. The van der Waals surface area contributed by atoms with Gasteiger partial charge in [0, 0.05) is 30.8 Å². The van der Waals surface area contributed by atoms with Crippen molar-refractivity contribution in [3.63, 3.8) is 0 Å². The summed E-state index contributed by atoms with van der Waals surface area (Å²) in [6.07, 6.45) is -0.859. The van der Waals surface area contributed by atoms with Gasteiger partial charge in [-0.2, -0.15) is 13.2 Å². The number of benzene rings is 1. The van der Waals surface area contributed by atoms with Crippen molar-refractivity contribution in [1.29, 1.82) is 0 Å². The van der Waals surface area contributed by atoms with E-state index in [2.05, 4.69) is 10.2 Å². The van der Waals surface area contributed by atoms with E-state index in [0.29, 0.717) is 13.1 Å². The van der Waals surface area contributed by atoms with Gasteiger partial charge in [0.2, 0.25) is 0 Å². The van der Waals surface area contributed by atoms with Crippen molar-refractivity contribution in [3.8, 4) is 11.3 Å². The second kappa shape index (κ2) is 7.81. The number of aromatic nitrogens is 3. The Morgan fingerprint density at radius 2 is 1.94 bits per heavy atom. The molecular formula is C23H19F3N4O2. The number of nitrogens with zero attached hydrogens (tertiary/aromatic N) is 4. The van der Waals surface area contributed by atoms with Gasteiger partial charge in [-0.15, -0.1) is 10.2 Å². The van der Waals surface area contributed by atoms with E-state index in [1.807, 2.05) is 28.8 Å². The van der Waals surface area contributed by atoms with E-state index in [4.69, 9.17) is 4.42 Å². The predicted molar refractivity (Wildman–Crippen MR) is 110 cm³/mol. The second-order valence-electron chi connectivity index (χ2n) is 7.82. The fraction of sp³-hybridized carbons (Fsp3) is 0.261. The van der Waals surface area contributed by atoms with Crippen LogP contribution in [-0.4, -0.2) is 38.5 Å². The Hall–Kier alpha value is -3.62. The zero-order chi connectivity index (χ0) is 22.3. The summed E-state index contributed by atoms with van der Waals surface area (Å²) in [6.45, 7) is 1.04. The summed E-state index contributed by atoms with van der Waals surface area (Å²) in [5.74, 6) is 0.868. The minimum absolute atomic E-state index is 0.0306. The number of amides is 1. The number of piperidine rings is 1. The van der Waals surface area contributed by atoms with Crippen LogP contribution in [0.2, 0.25) is 0 Å². The van der Waals surface area contributed by atoms with E-state index in [1.54, 1.807) is 4.90 Å². The third-order valence-electron chi connectivity index (χ3n) is 5.71. The first-order valence-corrected chi connectivity index (χ1v) is 10.3. The maximum absolute atomic E-state index is 13.1. The molecule has 5 rings (SSSR count). The fourth-order valence-corrected chi connectivity index (χ4v) is 4.12. The van der Waals surface area contributed by atoms with Crippen LogP contribution >= 0.6 is 0 Å². The molecule has 4 aromatic rings. The first-order valence-electron chi connectivity index (χ1n) is 10.3. The average Bonchev–Trinajstić information content (AvgIpc) is 3.46. The third kappa shape index (κ3) is 3.74. The summed E-state index contributed by atoms with van der Waals surface area (Å²) < 4.78 is 46.6. The molecule has 1 fully saturated rings. The number of furan rings is 1.